The van der Waals surface area contributed by atoms with E-state index >= 15 is 0 Å². The van der Waals surface area contributed by atoms with Gasteiger partial charge in [0, 0.05) is 19.0 Å². The zero-order valence-electron chi connectivity index (χ0n) is 17.9. The number of halogens is 5. The number of alkyl halides is 3. The number of Topliss-reactive ketones (excluding diaryl/α,β-unsaturated/α-hetero) is 1. The molecule has 0 aromatic heterocycles. The van der Waals surface area contributed by atoms with Crippen molar-refractivity contribution in [2.24, 2.45) is 11.5 Å². The Balaban J connectivity index is 0.00000104. The molecule has 0 aliphatic heterocycles. The first kappa shape index (κ1) is 28.5. The van der Waals surface area contributed by atoms with Crippen molar-refractivity contribution in [3.05, 3.63) is 95.7 Å². The quantitative estimate of drug-likeness (QED) is 0.213. The average molecular weight is 503 g/mol. The number of hydrogen-bond acceptors (Lipinski definition) is 5. The number of rotatable bonds is 8. The number of hydrogen-bond donors (Lipinski definition) is 3. The first-order valence-electron chi connectivity index (χ1n) is 9.37. The maximum absolute atomic E-state index is 14.9. The molecule has 34 heavy (non-hydrogen) atoms. The van der Waals surface area contributed by atoms with E-state index in [1.807, 2.05) is 4.72 Å². The number of ketones is 1. The van der Waals surface area contributed by atoms with Crippen LogP contribution in [0.2, 0.25) is 0 Å². The Morgan fingerprint density at radius 1 is 1.12 bits per heavy atom. The monoisotopic (exact) mass is 503 g/mol. The summed E-state index contributed by atoms with van der Waals surface area (Å²) in [5, 5.41) is 0. The Hall–Kier alpha value is -3.51. The van der Waals surface area contributed by atoms with E-state index in [4.69, 9.17) is 11.5 Å². The van der Waals surface area contributed by atoms with Gasteiger partial charge in [0.05, 0.1) is 16.1 Å². The normalized spacial score (nSPS) is 12.1. The fourth-order valence-corrected chi connectivity index (χ4v) is 3.48. The van der Waals surface area contributed by atoms with Gasteiger partial charge in [0.25, 0.3) is 10.0 Å². The summed E-state index contributed by atoms with van der Waals surface area (Å²) in [5.41, 5.74) is 9.22. The van der Waals surface area contributed by atoms with Gasteiger partial charge in [0.1, 0.15) is 5.82 Å². The van der Waals surface area contributed by atoms with Crippen LogP contribution in [0.5, 0.6) is 0 Å². The van der Waals surface area contributed by atoms with Gasteiger partial charge in [-0.05, 0) is 42.1 Å². The number of nitrogens with one attached hydrogen (secondary N) is 1. The minimum absolute atomic E-state index is 0.122. The molecule has 0 bridgehead atoms. The van der Waals surface area contributed by atoms with Crippen molar-refractivity contribution < 1.29 is 35.2 Å². The molecule has 0 unspecified atom stereocenters. The molecule has 0 aliphatic carbocycles. The maximum atomic E-state index is 14.9. The van der Waals surface area contributed by atoms with E-state index in [-0.39, 0.29) is 29.5 Å². The average Bonchev–Trinajstić information content (AvgIpc) is 2.75. The fraction of sp³-hybridized carbons (Fsp3) is 0.136. The van der Waals surface area contributed by atoms with Crippen LogP contribution in [-0.4, -0.2) is 26.9 Å². The lowest BCUT2D eigenvalue weighted by Gasteiger charge is -2.13. The number of carbonyl (C=O) groups is 1. The van der Waals surface area contributed by atoms with E-state index in [9.17, 15) is 35.2 Å². The summed E-state index contributed by atoms with van der Waals surface area (Å²) in [5.74, 6) is -3.59. The molecular weight excluding hydrogens is 481 g/mol. The number of anilines is 1. The lowest BCUT2D eigenvalue weighted by Crippen LogP contribution is -2.18. The molecule has 2 rings (SSSR count). The first-order chi connectivity index (χ1) is 15.7. The molecule has 0 saturated carbocycles. The highest BCUT2D eigenvalue weighted by Gasteiger charge is 2.26. The Morgan fingerprint density at radius 2 is 1.68 bits per heavy atom. The molecule has 0 spiro atoms. The SMILES string of the molecule is C=C(C(=O)c1c(F)ccc(NS(=O)(=O)c2ccccc2)c1F)/C(=C/C=C\N)CN.CC(F)(F)F. The minimum atomic E-state index is -4.14. The van der Waals surface area contributed by atoms with Gasteiger partial charge >= 0.3 is 6.18 Å². The van der Waals surface area contributed by atoms with Crippen LogP contribution in [0.1, 0.15) is 17.3 Å². The highest BCUT2D eigenvalue weighted by Crippen LogP contribution is 2.27. The van der Waals surface area contributed by atoms with Crippen molar-refractivity contribution in [3.63, 3.8) is 0 Å². The third kappa shape index (κ3) is 8.45. The minimum Gasteiger partial charge on any atom is -0.405 e. The topological polar surface area (TPSA) is 115 Å². The first-order valence-corrected chi connectivity index (χ1v) is 10.8. The molecule has 5 N–H and O–H groups in total. The summed E-state index contributed by atoms with van der Waals surface area (Å²) in [4.78, 5) is 12.5. The number of carbonyl (C=O) groups excluding carboxylic acids is 1. The van der Waals surface area contributed by atoms with Gasteiger partial charge in [-0.3, -0.25) is 9.52 Å². The van der Waals surface area contributed by atoms with Crippen LogP contribution in [0.3, 0.4) is 0 Å². The van der Waals surface area contributed by atoms with E-state index < -0.39 is 44.9 Å². The largest absolute Gasteiger partial charge is 0.405 e. The molecule has 0 aliphatic rings. The van der Waals surface area contributed by atoms with Crippen LogP contribution in [-0.2, 0) is 10.0 Å². The molecular formula is C22H22F5N3O3S. The van der Waals surface area contributed by atoms with E-state index in [2.05, 4.69) is 6.58 Å². The van der Waals surface area contributed by atoms with E-state index in [1.165, 1.54) is 42.6 Å². The Bertz CT molecular complexity index is 1190. The number of allylic oxidation sites excluding steroid dienone is 2. The second kappa shape index (κ2) is 12.1. The van der Waals surface area contributed by atoms with E-state index in [0.717, 1.165) is 12.1 Å². The van der Waals surface area contributed by atoms with Gasteiger partial charge in [-0.2, -0.15) is 13.2 Å². The summed E-state index contributed by atoms with van der Waals surface area (Å²) >= 11 is 0. The van der Waals surface area contributed by atoms with Crippen molar-refractivity contribution in [1.29, 1.82) is 0 Å². The smallest absolute Gasteiger partial charge is 0.386 e. The molecule has 0 saturated heterocycles. The molecule has 0 radical (unpaired) electrons. The Kier molecular flexibility index (Phi) is 10.1. The van der Waals surface area contributed by atoms with Crippen LogP contribution >= 0.6 is 0 Å². The van der Waals surface area contributed by atoms with Crippen LogP contribution in [0.4, 0.5) is 27.6 Å². The van der Waals surface area contributed by atoms with Gasteiger partial charge in [-0.1, -0.05) is 30.9 Å². The summed E-state index contributed by atoms with van der Waals surface area (Å²) in [6.07, 6.45) is -0.0383. The van der Waals surface area contributed by atoms with Gasteiger partial charge in [0.15, 0.2) is 11.6 Å². The summed E-state index contributed by atoms with van der Waals surface area (Å²) in [7, 11) is -4.14. The molecule has 6 nitrogen and oxygen atoms in total. The van der Waals surface area contributed by atoms with Gasteiger partial charge in [-0.15, -0.1) is 0 Å². The van der Waals surface area contributed by atoms with Crippen LogP contribution < -0.4 is 16.2 Å². The lowest BCUT2D eigenvalue weighted by molar-refractivity contribution is -0.110. The Labute approximate surface area is 193 Å². The molecule has 0 heterocycles. The lowest BCUT2D eigenvalue weighted by atomic mass is 9.96. The molecule has 2 aromatic carbocycles. The van der Waals surface area contributed by atoms with Gasteiger partial charge in [0.2, 0.25) is 0 Å². The molecule has 0 amide bonds. The van der Waals surface area contributed by atoms with Crippen LogP contribution in [0.15, 0.2) is 83.4 Å². The van der Waals surface area contributed by atoms with Gasteiger partial charge < -0.3 is 11.5 Å². The molecule has 2 aromatic rings. The van der Waals surface area contributed by atoms with Crippen molar-refractivity contribution in [3.8, 4) is 0 Å². The summed E-state index contributed by atoms with van der Waals surface area (Å²) < 4.78 is 87.0. The molecule has 184 valence electrons. The van der Waals surface area contributed by atoms with Crippen molar-refractivity contribution >= 4 is 21.5 Å². The third-order valence-corrected chi connectivity index (χ3v) is 5.29. The van der Waals surface area contributed by atoms with Crippen molar-refractivity contribution in [2.45, 2.75) is 18.0 Å². The molecule has 0 atom stereocenters. The summed E-state index contributed by atoms with van der Waals surface area (Å²) in [6, 6.07) is 8.89. The second-order valence-electron chi connectivity index (χ2n) is 6.57. The number of nitrogens with two attached hydrogens (primary N) is 2. The standard InChI is InChI=1S/C20H19F2N3O3S.C2H3F3/c1-13(14(12-24)6-5-11-23)20(26)18-16(21)9-10-17(19(18)22)25-29(27,28)15-7-3-2-4-8-15;1-2(3,4)5/h2-11,25H,1,12,23-24H2;1H3/b11-5-,14-6+;. The second-order valence-corrected chi connectivity index (χ2v) is 8.25. The van der Waals surface area contributed by atoms with Crippen LogP contribution in [0, 0.1) is 11.6 Å². The molecule has 0 fully saturated rings. The van der Waals surface area contributed by atoms with Gasteiger partial charge in [-0.25, -0.2) is 17.2 Å². The summed E-state index contributed by atoms with van der Waals surface area (Å²) in [6.45, 7) is 3.61. The fourth-order valence-electron chi connectivity index (χ4n) is 2.40. The van der Waals surface area contributed by atoms with Crippen molar-refractivity contribution in [1.82, 2.24) is 0 Å². The zero-order chi connectivity index (χ0) is 26.1. The number of benzene rings is 2. The van der Waals surface area contributed by atoms with Crippen molar-refractivity contribution in [2.75, 3.05) is 11.3 Å². The Morgan fingerprint density at radius 3 is 2.18 bits per heavy atom. The van der Waals surface area contributed by atoms with E-state index in [1.54, 1.807) is 6.07 Å². The van der Waals surface area contributed by atoms with E-state index in [0.29, 0.717) is 0 Å². The maximum Gasteiger partial charge on any atom is 0.386 e. The van der Waals surface area contributed by atoms with Crippen LogP contribution in [0.25, 0.3) is 0 Å². The highest BCUT2D eigenvalue weighted by atomic mass is 32.2. The third-order valence-electron chi connectivity index (χ3n) is 3.91. The number of sulfonamides is 1. The predicted octanol–water partition coefficient (Wildman–Crippen LogP) is 4.43. The molecule has 12 heteroatoms. The zero-order valence-corrected chi connectivity index (χ0v) is 18.7. The highest BCUT2D eigenvalue weighted by molar-refractivity contribution is 7.92. The predicted molar refractivity (Wildman–Crippen MR) is 119 cm³/mol.